The van der Waals surface area contributed by atoms with Crippen LogP contribution in [0.5, 0.6) is 0 Å². The highest BCUT2D eigenvalue weighted by atomic mass is 32.1. The second-order valence-corrected chi connectivity index (χ2v) is 12.2. The topological polar surface area (TPSA) is 182 Å². The first-order chi connectivity index (χ1) is 21.4. The summed E-state index contributed by atoms with van der Waals surface area (Å²) in [6, 6.07) is 9.15. The standard InChI is InChI=1S/C29H31N9O5S/c1-15-24(41)19(13-39)43-27(15)37-11-10-21(34-29(37)42)33-28-35-25(30-12-22-32-16-6-2-5-9-20(16)44-22)23-26(36-28)38(14-31-23)17-7-3-4-8-18(17)40/h2,5-6,9-11,14-15,17,19,24,27,39,41H,3-4,7-8,12-13H2,1H3,(H2,30,33,34,35,36,42)/t15-,17-,19-,24+,27?/m1/s1. The first kappa shape index (κ1) is 28.5. The Labute approximate surface area is 254 Å². The molecule has 4 N–H and O–H groups in total. The van der Waals surface area contributed by atoms with E-state index in [4.69, 9.17) is 14.7 Å². The van der Waals surface area contributed by atoms with Crippen molar-refractivity contribution in [1.29, 1.82) is 0 Å². The van der Waals surface area contributed by atoms with Gasteiger partial charge in [0.2, 0.25) is 5.95 Å². The van der Waals surface area contributed by atoms with Crippen LogP contribution in [-0.4, -0.2) is 68.9 Å². The van der Waals surface area contributed by atoms with Crippen LogP contribution in [0.1, 0.15) is 49.9 Å². The number of aromatic nitrogens is 7. The summed E-state index contributed by atoms with van der Waals surface area (Å²) in [6.07, 6.45) is 3.72. The summed E-state index contributed by atoms with van der Waals surface area (Å²) in [6.45, 7) is 1.78. The summed E-state index contributed by atoms with van der Waals surface area (Å²) >= 11 is 1.58. The van der Waals surface area contributed by atoms with Crippen LogP contribution in [0.15, 0.2) is 47.7 Å². The Balaban J connectivity index is 1.21. The second kappa shape index (κ2) is 11.6. The summed E-state index contributed by atoms with van der Waals surface area (Å²) in [5, 5.41) is 27.1. The second-order valence-electron chi connectivity index (χ2n) is 11.1. The molecule has 0 radical (unpaired) electrons. The number of carbonyl (C=O) groups is 1. The maximum atomic E-state index is 13.0. The fourth-order valence-electron chi connectivity index (χ4n) is 5.89. The van der Waals surface area contributed by atoms with Gasteiger partial charge in [-0.05, 0) is 31.0 Å². The van der Waals surface area contributed by atoms with Crippen molar-refractivity contribution in [3.05, 3.63) is 58.3 Å². The lowest BCUT2D eigenvalue weighted by molar-refractivity contribution is -0.123. The molecule has 2 aliphatic rings. The molecule has 44 heavy (non-hydrogen) atoms. The summed E-state index contributed by atoms with van der Waals surface area (Å²) in [5.74, 6) is 0.537. The molecule has 1 aromatic carbocycles. The number of carbonyl (C=O) groups excluding carboxylic acids is 1. The molecule has 4 aromatic heterocycles. The molecule has 5 aromatic rings. The average molecular weight is 618 g/mol. The smallest absolute Gasteiger partial charge is 0.351 e. The lowest BCUT2D eigenvalue weighted by Crippen LogP contribution is -2.30. The lowest BCUT2D eigenvalue weighted by atomic mass is 9.94. The number of nitrogens with one attached hydrogen (secondary N) is 2. The third kappa shape index (κ3) is 5.21. The van der Waals surface area contributed by atoms with E-state index in [-0.39, 0.29) is 30.2 Å². The molecule has 7 rings (SSSR count). The van der Waals surface area contributed by atoms with Gasteiger partial charge in [0, 0.05) is 18.5 Å². The van der Waals surface area contributed by atoms with Crippen molar-refractivity contribution in [2.75, 3.05) is 17.2 Å². The van der Waals surface area contributed by atoms with E-state index >= 15 is 0 Å². The van der Waals surface area contributed by atoms with Crippen molar-refractivity contribution in [2.24, 2.45) is 5.92 Å². The van der Waals surface area contributed by atoms with E-state index in [0.29, 0.717) is 36.4 Å². The van der Waals surface area contributed by atoms with Crippen molar-refractivity contribution in [3.8, 4) is 0 Å². The number of rotatable bonds is 8. The van der Waals surface area contributed by atoms with Crippen LogP contribution in [-0.2, 0) is 16.1 Å². The van der Waals surface area contributed by atoms with Gasteiger partial charge in [-0.25, -0.2) is 14.8 Å². The maximum Gasteiger partial charge on any atom is 0.351 e. The zero-order valence-corrected chi connectivity index (χ0v) is 24.6. The summed E-state index contributed by atoms with van der Waals surface area (Å²) in [4.78, 5) is 48.6. The van der Waals surface area contributed by atoms with E-state index in [9.17, 15) is 19.8 Å². The Morgan fingerprint density at radius 2 is 1.95 bits per heavy atom. The number of aliphatic hydroxyl groups excluding tert-OH is 2. The van der Waals surface area contributed by atoms with E-state index in [1.165, 1.54) is 10.8 Å². The SMILES string of the molecule is C[C@H]1C(n2ccc(Nc3nc(NCc4nc5ccccc5s4)c4ncn([C@@H]5CCCCC5=O)c4n3)nc2=O)O[C@H](CO)[C@H]1O. The average Bonchev–Trinajstić information content (AvgIpc) is 3.72. The maximum absolute atomic E-state index is 13.0. The van der Waals surface area contributed by atoms with Crippen molar-refractivity contribution in [1.82, 2.24) is 34.1 Å². The van der Waals surface area contributed by atoms with E-state index in [2.05, 4.69) is 25.6 Å². The molecule has 15 heteroatoms. The zero-order valence-electron chi connectivity index (χ0n) is 23.8. The third-order valence-corrected chi connectivity index (χ3v) is 9.27. The molecule has 5 heterocycles. The van der Waals surface area contributed by atoms with Gasteiger partial charge in [-0.3, -0.25) is 9.36 Å². The molecule has 1 saturated heterocycles. The molecule has 1 aliphatic heterocycles. The van der Waals surface area contributed by atoms with Crippen LogP contribution in [0.25, 0.3) is 21.4 Å². The third-order valence-electron chi connectivity index (χ3n) is 8.23. The zero-order chi connectivity index (χ0) is 30.4. The Bertz CT molecular complexity index is 1870. The summed E-state index contributed by atoms with van der Waals surface area (Å²) in [5.41, 5.74) is 1.32. The number of Topliss-reactive ketones (excluding diaryl/α,β-unsaturated/α-hetero) is 1. The molecule has 1 aliphatic carbocycles. The molecule has 1 unspecified atom stereocenters. The van der Waals surface area contributed by atoms with Crippen LogP contribution in [0.4, 0.5) is 17.6 Å². The van der Waals surface area contributed by atoms with Gasteiger partial charge in [-0.1, -0.05) is 25.5 Å². The van der Waals surface area contributed by atoms with Crippen molar-refractivity contribution >= 4 is 56.1 Å². The Hall–Kier alpha value is -4.31. The van der Waals surface area contributed by atoms with Crippen LogP contribution >= 0.6 is 11.3 Å². The monoisotopic (exact) mass is 617 g/mol. The number of fused-ring (bicyclic) bond motifs is 2. The number of aliphatic hydroxyl groups is 2. The number of nitrogens with zero attached hydrogens (tertiary/aromatic N) is 7. The van der Waals surface area contributed by atoms with Gasteiger partial charge in [-0.15, -0.1) is 11.3 Å². The normalized spacial score (nSPS) is 23.9. The van der Waals surface area contributed by atoms with Gasteiger partial charge in [0.05, 0.1) is 41.8 Å². The van der Waals surface area contributed by atoms with Gasteiger partial charge in [0.15, 0.2) is 22.8 Å². The molecule has 0 amide bonds. The van der Waals surface area contributed by atoms with E-state index in [1.807, 2.05) is 24.3 Å². The van der Waals surface area contributed by atoms with Crippen LogP contribution in [0.3, 0.4) is 0 Å². The number of ether oxygens (including phenoxy) is 1. The van der Waals surface area contributed by atoms with E-state index in [1.54, 1.807) is 35.2 Å². The number of para-hydroxylation sites is 1. The van der Waals surface area contributed by atoms with E-state index in [0.717, 1.165) is 28.1 Å². The van der Waals surface area contributed by atoms with Crippen LogP contribution < -0.4 is 16.3 Å². The van der Waals surface area contributed by atoms with Crippen LogP contribution in [0, 0.1) is 5.92 Å². The minimum Gasteiger partial charge on any atom is -0.394 e. The molecule has 1 saturated carbocycles. The number of thiazole rings is 1. The highest BCUT2D eigenvalue weighted by molar-refractivity contribution is 7.18. The van der Waals surface area contributed by atoms with Gasteiger partial charge < -0.3 is 30.2 Å². The van der Waals surface area contributed by atoms with Crippen molar-refractivity contribution in [3.63, 3.8) is 0 Å². The Morgan fingerprint density at radius 3 is 2.73 bits per heavy atom. The summed E-state index contributed by atoms with van der Waals surface area (Å²) < 4.78 is 9.88. The fraction of sp³-hybridized carbons (Fsp3) is 0.414. The number of imidazole rings is 1. The highest BCUT2D eigenvalue weighted by Gasteiger charge is 2.42. The minimum absolute atomic E-state index is 0.148. The number of anilines is 3. The molecule has 5 atom stereocenters. The fourth-order valence-corrected chi connectivity index (χ4v) is 6.80. The van der Waals surface area contributed by atoms with Gasteiger partial charge in [-0.2, -0.15) is 15.0 Å². The molecular formula is C29H31N9O5S. The number of hydrogen-bond donors (Lipinski definition) is 4. The quantitative estimate of drug-likeness (QED) is 0.200. The molecule has 14 nitrogen and oxygen atoms in total. The Morgan fingerprint density at radius 1 is 1.09 bits per heavy atom. The van der Waals surface area contributed by atoms with Crippen molar-refractivity contribution in [2.45, 2.75) is 63.6 Å². The Kier molecular flexibility index (Phi) is 7.53. The van der Waals surface area contributed by atoms with E-state index < -0.39 is 30.0 Å². The molecule has 0 spiro atoms. The number of hydrogen-bond acceptors (Lipinski definition) is 13. The van der Waals surface area contributed by atoms with Gasteiger partial charge >= 0.3 is 5.69 Å². The molecule has 228 valence electrons. The number of benzene rings is 1. The van der Waals surface area contributed by atoms with Gasteiger partial charge in [0.25, 0.3) is 0 Å². The lowest BCUT2D eigenvalue weighted by Gasteiger charge is -2.22. The first-order valence-corrected chi connectivity index (χ1v) is 15.4. The predicted octanol–water partition coefficient (Wildman–Crippen LogP) is 2.92. The first-order valence-electron chi connectivity index (χ1n) is 14.6. The van der Waals surface area contributed by atoms with Gasteiger partial charge in [0.1, 0.15) is 23.2 Å². The largest absolute Gasteiger partial charge is 0.394 e. The van der Waals surface area contributed by atoms with Crippen molar-refractivity contribution < 1.29 is 19.7 Å². The predicted molar refractivity (Wildman–Crippen MR) is 163 cm³/mol. The molecule has 2 fully saturated rings. The highest BCUT2D eigenvalue weighted by Crippen LogP contribution is 2.34. The summed E-state index contributed by atoms with van der Waals surface area (Å²) in [7, 11) is 0. The van der Waals surface area contributed by atoms with Crippen LogP contribution in [0.2, 0.25) is 0 Å². The molecule has 0 bridgehead atoms. The minimum atomic E-state index is -0.913. The molecular weight excluding hydrogens is 586 g/mol. The number of ketones is 1.